The highest BCUT2D eigenvalue weighted by Gasteiger charge is 2.15. The number of morpholine rings is 1. The molecular weight excluding hydrogens is 408 g/mol. The summed E-state index contributed by atoms with van der Waals surface area (Å²) in [5.74, 6) is 1.47. The van der Waals surface area contributed by atoms with Crippen LogP contribution in [0.3, 0.4) is 0 Å². The Balaban J connectivity index is 1.59. The number of benzene rings is 1. The lowest BCUT2D eigenvalue weighted by Gasteiger charge is -2.27. The molecule has 0 bridgehead atoms. The van der Waals surface area contributed by atoms with Crippen molar-refractivity contribution < 1.29 is 9.53 Å². The summed E-state index contributed by atoms with van der Waals surface area (Å²) in [6.45, 7) is 5.84. The normalized spacial score (nSPS) is 14.1. The molecule has 1 aliphatic heterocycles. The van der Waals surface area contributed by atoms with Gasteiger partial charge in [0.2, 0.25) is 0 Å². The number of rotatable bonds is 9. The first kappa shape index (κ1) is 21.9. The molecule has 1 aromatic carbocycles. The summed E-state index contributed by atoms with van der Waals surface area (Å²) in [6.07, 6.45) is 3.28. The molecule has 2 aromatic rings. The summed E-state index contributed by atoms with van der Waals surface area (Å²) in [6, 6.07) is 9.48. The highest BCUT2D eigenvalue weighted by molar-refractivity contribution is 7.98. The van der Waals surface area contributed by atoms with E-state index in [-0.39, 0.29) is 5.91 Å². The average Bonchev–Trinajstić information content (AvgIpc) is 2.75. The maximum absolute atomic E-state index is 12.3. The van der Waals surface area contributed by atoms with Crippen molar-refractivity contribution in [3.8, 4) is 0 Å². The van der Waals surface area contributed by atoms with Gasteiger partial charge in [-0.05, 0) is 24.1 Å². The van der Waals surface area contributed by atoms with Crippen LogP contribution >= 0.6 is 23.4 Å². The first-order valence-electron chi connectivity index (χ1n) is 10.0. The van der Waals surface area contributed by atoms with Crippen LogP contribution in [0.25, 0.3) is 0 Å². The van der Waals surface area contributed by atoms with Gasteiger partial charge in [-0.3, -0.25) is 4.79 Å². The quantitative estimate of drug-likeness (QED) is 0.276. The van der Waals surface area contributed by atoms with Crippen molar-refractivity contribution in [3.05, 3.63) is 46.6 Å². The van der Waals surface area contributed by atoms with Gasteiger partial charge in [0.1, 0.15) is 11.0 Å². The molecule has 0 atom stereocenters. The maximum Gasteiger partial charge on any atom is 0.251 e. The van der Waals surface area contributed by atoms with Crippen LogP contribution in [0.1, 0.15) is 42.1 Å². The molecule has 0 aliphatic carbocycles. The minimum atomic E-state index is -0.0263. The largest absolute Gasteiger partial charge is 0.378 e. The van der Waals surface area contributed by atoms with E-state index in [9.17, 15) is 4.79 Å². The van der Waals surface area contributed by atoms with Crippen molar-refractivity contribution in [2.75, 3.05) is 37.7 Å². The Labute approximate surface area is 181 Å². The zero-order valence-corrected chi connectivity index (χ0v) is 18.3. The lowest BCUT2D eigenvalue weighted by atomic mass is 10.1. The molecule has 1 saturated heterocycles. The fourth-order valence-electron chi connectivity index (χ4n) is 3.03. The Morgan fingerprint density at radius 2 is 2.07 bits per heavy atom. The van der Waals surface area contributed by atoms with E-state index in [0.717, 1.165) is 43.7 Å². The number of amides is 1. The molecule has 156 valence electrons. The van der Waals surface area contributed by atoms with E-state index in [4.69, 9.17) is 16.3 Å². The molecular formula is C21H27ClN4O2S. The van der Waals surface area contributed by atoms with Crippen LogP contribution < -0.4 is 10.2 Å². The molecule has 1 fully saturated rings. The Morgan fingerprint density at radius 3 is 2.86 bits per heavy atom. The fraction of sp³-hybridized carbons (Fsp3) is 0.476. The van der Waals surface area contributed by atoms with Crippen molar-refractivity contribution in [1.29, 1.82) is 0 Å². The molecule has 6 nitrogen and oxygen atoms in total. The zero-order chi connectivity index (χ0) is 20.5. The van der Waals surface area contributed by atoms with Gasteiger partial charge in [-0.25, -0.2) is 9.97 Å². The molecule has 0 unspecified atom stereocenters. The third kappa shape index (κ3) is 6.87. The van der Waals surface area contributed by atoms with Crippen LogP contribution in [0.15, 0.2) is 35.5 Å². The van der Waals surface area contributed by atoms with Crippen LogP contribution in [0.2, 0.25) is 5.15 Å². The molecule has 2 heterocycles. The second kappa shape index (κ2) is 11.4. The molecule has 8 heteroatoms. The van der Waals surface area contributed by atoms with Gasteiger partial charge in [0.05, 0.1) is 13.2 Å². The number of carbonyl (C=O) groups excluding carboxylic acids is 1. The van der Waals surface area contributed by atoms with Crippen LogP contribution in [-0.4, -0.2) is 48.7 Å². The van der Waals surface area contributed by atoms with Gasteiger partial charge < -0.3 is 15.0 Å². The topological polar surface area (TPSA) is 67.4 Å². The highest BCUT2D eigenvalue weighted by atomic mass is 35.5. The van der Waals surface area contributed by atoms with E-state index in [1.54, 1.807) is 6.07 Å². The SMILES string of the molecule is CCCCCNC(=O)c1cccc(CSc2nc(Cl)cc(N3CCOCC3)n2)c1. The molecule has 29 heavy (non-hydrogen) atoms. The van der Waals surface area contributed by atoms with Gasteiger partial charge in [0.25, 0.3) is 5.91 Å². The molecule has 0 saturated carbocycles. The number of nitrogens with zero attached hydrogens (tertiary/aromatic N) is 3. The van der Waals surface area contributed by atoms with E-state index in [1.807, 2.05) is 24.3 Å². The summed E-state index contributed by atoms with van der Waals surface area (Å²) in [5, 5.41) is 4.05. The number of aromatic nitrogens is 2. The molecule has 0 spiro atoms. The fourth-order valence-corrected chi connectivity index (χ4v) is 4.06. The summed E-state index contributed by atoms with van der Waals surface area (Å²) in [7, 11) is 0. The zero-order valence-electron chi connectivity index (χ0n) is 16.7. The number of thioether (sulfide) groups is 1. The molecule has 1 aromatic heterocycles. The number of halogens is 1. The van der Waals surface area contributed by atoms with E-state index < -0.39 is 0 Å². The Hall–Kier alpha value is -1.83. The van der Waals surface area contributed by atoms with Gasteiger partial charge in [0, 0.05) is 37.0 Å². The minimum absolute atomic E-state index is 0.0263. The standard InChI is InChI=1S/C21H27ClN4O2S/c1-2-3-4-8-23-20(27)17-7-5-6-16(13-17)15-29-21-24-18(22)14-19(25-21)26-9-11-28-12-10-26/h5-7,13-14H,2-4,8-12,15H2,1H3,(H,23,27). The lowest BCUT2D eigenvalue weighted by molar-refractivity contribution is 0.0953. The van der Waals surface area contributed by atoms with Crippen molar-refractivity contribution in [2.45, 2.75) is 37.1 Å². The summed E-state index contributed by atoms with van der Waals surface area (Å²) in [5.41, 5.74) is 1.73. The first-order valence-corrected chi connectivity index (χ1v) is 11.4. The first-order chi connectivity index (χ1) is 14.2. The average molecular weight is 435 g/mol. The van der Waals surface area contributed by atoms with Crippen molar-refractivity contribution in [2.24, 2.45) is 0 Å². The van der Waals surface area contributed by atoms with Crippen LogP contribution in [0.5, 0.6) is 0 Å². The predicted octanol–water partition coefficient (Wildman–Crippen LogP) is 4.18. The Bertz CT molecular complexity index is 815. The van der Waals surface area contributed by atoms with Gasteiger partial charge in [-0.2, -0.15) is 0 Å². The monoisotopic (exact) mass is 434 g/mol. The lowest BCUT2D eigenvalue weighted by Crippen LogP contribution is -2.36. The predicted molar refractivity (Wildman–Crippen MR) is 118 cm³/mol. The van der Waals surface area contributed by atoms with Gasteiger partial charge >= 0.3 is 0 Å². The van der Waals surface area contributed by atoms with Crippen LogP contribution in [-0.2, 0) is 10.5 Å². The second-order valence-corrected chi connectivity index (χ2v) is 8.21. The van der Waals surface area contributed by atoms with Gasteiger partial charge in [0.15, 0.2) is 5.16 Å². The van der Waals surface area contributed by atoms with E-state index in [1.165, 1.54) is 11.8 Å². The highest BCUT2D eigenvalue weighted by Crippen LogP contribution is 2.25. The summed E-state index contributed by atoms with van der Waals surface area (Å²) in [4.78, 5) is 23.5. The number of nitrogens with one attached hydrogen (secondary N) is 1. The summed E-state index contributed by atoms with van der Waals surface area (Å²) < 4.78 is 5.40. The van der Waals surface area contributed by atoms with Crippen molar-refractivity contribution in [1.82, 2.24) is 15.3 Å². The van der Waals surface area contributed by atoms with Gasteiger partial charge in [-0.15, -0.1) is 0 Å². The smallest absolute Gasteiger partial charge is 0.251 e. The van der Waals surface area contributed by atoms with Crippen LogP contribution in [0.4, 0.5) is 5.82 Å². The number of anilines is 1. The van der Waals surface area contributed by atoms with Crippen LogP contribution in [0, 0.1) is 0 Å². The third-order valence-electron chi connectivity index (χ3n) is 4.62. The number of carbonyl (C=O) groups is 1. The third-order valence-corrected chi connectivity index (χ3v) is 5.73. The number of hydrogen-bond acceptors (Lipinski definition) is 6. The van der Waals surface area contributed by atoms with E-state index in [0.29, 0.717) is 41.4 Å². The number of ether oxygens (including phenoxy) is 1. The molecule has 1 N–H and O–H groups in total. The van der Waals surface area contributed by atoms with Crippen molar-refractivity contribution in [3.63, 3.8) is 0 Å². The van der Waals surface area contributed by atoms with E-state index >= 15 is 0 Å². The Kier molecular flexibility index (Phi) is 8.58. The second-order valence-electron chi connectivity index (χ2n) is 6.88. The number of hydrogen-bond donors (Lipinski definition) is 1. The summed E-state index contributed by atoms with van der Waals surface area (Å²) >= 11 is 7.73. The maximum atomic E-state index is 12.3. The van der Waals surface area contributed by atoms with E-state index in [2.05, 4.69) is 27.1 Å². The number of unbranched alkanes of at least 4 members (excludes halogenated alkanes) is 2. The molecule has 1 aliphatic rings. The van der Waals surface area contributed by atoms with Gasteiger partial charge in [-0.1, -0.05) is 55.3 Å². The minimum Gasteiger partial charge on any atom is -0.378 e. The molecule has 1 amide bonds. The molecule has 3 rings (SSSR count). The Morgan fingerprint density at radius 1 is 1.24 bits per heavy atom. The van der Waals surface area contributed by atoms with Crippen molar-refractivity contribution >= 4 is 35.1 Å². The molecule has 0 radical (unpaired) electrons.